The van der Waals surface area contributed by atoms with Gasteiger partial charge < -0.3 is 14.8 Å². The average Bonchev–Trinajstić information content (AvgIpc) is 2.46. The number of benzene rings is 1. The van der Waals surface area contributed by atoms with Crippen LogP contribution in [0, 0.1) is 12.8 Å². The van der Waals surface area contributed by atoms with E-state index < -0.39 is 0 Å². The van der Waals surface area contributed by atoms with Crippen LogP contribution in [-0.2, 0) is 9.47 Å². The highest BCUT2D eigenvalue weighted by Crippen LogP contribution is 2.17. The van der Waals surface area contributed by atoms with Gasteiger partial charge in [-0.3, -0.25) is 0 Å². The SMILES string of the molecule is CCCNCC(OCCOCC(C)C)c1ccc(C)cc1. The van der Waals surface area contributed by atoms with E-state index in [4.69, 9.17) is 9.47 Å². The Balaban J connectivity index is 2.42. The van der Waals surface area contributed by atoms with Crippen LogP contribution in [0.25, 0.3) is 0 Å². The van der Waals surface area contributed by atoms with E-state index in [0.29, 0.717) is 19.1 Å². The van der Waals surface area contributed by atoms with Crippen molar-refractivity contribution in [3.63, 3.8) is 0 Å². The fourth-order valence-corrected chi connectivity index (χ4v) is 2.03. The monoisotopic (exact) mass is 293 g/mol. The van der Waals surface area contributed by atoms with Gasteiger partial charge in [-0.15, -0.1) is 0 Å². The summed E-state index contributed by atoms with van der Waals surface area (Å²) in [5.74, 6) is 0.573. The molecule has 1 aromatic rings. The Morgan fingerprint density at radius 3 is 2.43 bits per heavy atom. The van der Waals surface area contributed by atoms with E-state index >= 15 is 0 Å². The maximum absolute atomic E-state index is 6.01. The lowest BCUT2D eigenvalue weighted by Crippen LogP contribution is -2.25. The van der Waals surface area contributed by atoms with Gasteiger partial charge >= 0.3 is 0 Å². The zero-order valence-electron chi connectivity index (χ0n) is 14.0. The fourth-order valence-electron chi connectivity index (χ4n) is 2.03. The van der Waals surface area contributed by atoms with Crippen molar-refractivity contribution in [2.24, 2.45) is 5.92 Å². The van der Waals surface area contributed by atoms with Gasteiger partial charge in [-0.05, 0) is 31.4 Å². The molecule has 0 radical (unpaired) electrons. The van der Waals surface area contributed by atoms with Gasteiger partial charge in [-0.1, -0.05) is 50.6 Å². The number of hydrogen-bond donors (Lipinski definition) is 1. The summed E-state index contributed by atoms with van der Waals surface area (Å²) in [6.45, 7) is 12.6. The topological polar surface area (TPSA) is 30.5 Å². The van der Waals surface area contributed by atoms with Crippen molar-refractivity contribution in [1.29, 1.82) is 0 Å². The lowest BCUT2D eigenvalue weighted by molar-refractivity contribution is -0.00124. The third kappa shape index (κ3) is 8.20. The molecular formula is C18H31NO2. The van der Waals surface area contributed by atoms with Gasteiger partial charge in [0.2, 0.25) is 0 Å². The van der Waals surface area contributed by atoms with Gasteiger partial charge in [0.1, 0.15) is 0 Å². The number of hydrogen-bond acceptors (Lipinski definition) is 3. The molecule has 0 heterocycles. The van der Waals surface area contributed by atoms with Gasteiger partial charge in [0.25, 0.3) is 0 Å². The van der Waals surface area contributed by atoms with Gasteiger partial charge in [0.05, 0.1) is 19.3 Å². The fraction of sp³-hybridized carbons (Fsp3) is 0.667. The Morgan fingerprint density at radius 2 is 1.81 bits per heavy atom. The summed E-state index contributed by atoms with van der Waals surface area (Å²) >= 11 is 0. The number of aryl methyl sites for hydroxylation is 1. The quantitative estimate of drug-likeness (QED) is 0.631. The van der Waals surface area contributed by atoms with E-state index in [1.54, 1.807) is 0 Å². The minimum absolute atomic E-state index is 0.0970. The molecule has 0 aromatic heterocycles. The Kier molecular flexibility index (Phi) is 9.31. The van der Waals surface area contributed by atoms with Crippen molar-refractivity contribution >= 4 is 0 Å². The first kappa shape index (κ1) is 18.1. The minimum Gasteiger partial charge on any atom is -0.379 e. The van der Waals surface area contributed by atoms with Gasteiger partial charge in [0, 0.05) is 13.2 Å². The highest BCUT2D eigenvalue weighted by Gasteiger charge is 2.11. The third-order valence-electron chi connectivity index (χ3n) is 3.20. The zero-order valence-corrected chi connectivity index (χ0v) is 14.0. The second-order valence-electron chi connectivity index (χ2n) is 5.94. The molecule has 0 aliphatic carbocycles. The summed E-state index contributed by atoms with van der Waals surface area (Å²) < 4.78 is 11.6. The van der Waals surface area contributed by atoms with E-state index in [1.807, 2.05) is 0 Å². The smallest absolute Gasteiger partial charge is 0.0950 e. The number of rotatable bonds is 11. The van der Waals surface area contributed by atoms with E-state index in [9.17, 15) is 0 Å². The van der Waals surface area contributed by atoms with Crippen molar-refractivity contribution < 1.29 is 9.47 Å². The van der Waals surface area contributed by atoms with Gasteiger partial charge in [-0.25, -0.2) is 0 Å². The van der Waals surface area contributed by atoms with E-state index in [-0.39, 0.29) is 6.10 Å². The molecule has 3 nitrogen and oxygen atoms in total. The normalized spacial score (nSPS) is 12.8. The zero-order chi connectivity index (χ0) is 15.5. The van der Waals surface area contributed by atoms with Crippen LogP contribution in [0.15, 0.2) is 24.3 Å². The maximum Gasteiger partial charge on any atom is 0.0950 e. The molecule has 0 spiro atoms. The van der Waals surface area contributed by atoms with Crippen molar-refractivity contribution in [1.82, 2.24) is 5.32 Å². The summed E-state index contributed by atoms with van der Waals surface area (Å²) in [5.41, 5.74) is 2.51. The summed E-state index contributed by atoms with van der Waals surface area (Å²) in [6, 6.07) is 8.59. The van der Waals surface area contributed by atoms with Crippen LogP contribution >= 0.6 is 0 Å². The predicted molar refractivity (Wildman–Crippen MR) is 88.7 cm³/mol. The lowest BCUT2D eigenvalue weighted by Gasteiger charge is -2.19. The second-order valence-corrected chi connectivity index (χ2v) is 5.94. The van der Waals surface area contributed by atoms with Crippen LogP contribution in [0.4, 0.5) is 0 Å². The summed E-state index contributed by atoms with van der Waals surface area (Å²) in [7, 11) is 0. The van der Waals surface area contributed by atoms with E-state index in [0.717, 1.165) is 26.1 Å². The third-order valence-corrected chi connectivity index (χ3v) is 3.20. The van der Waals surface area contributed by atoms with Crippen LogP contribution in [-0.4, -0.2) is 32.9 Å². The standard InChI is InChI=1S/C18H31NO2/c1-5-10-19-13-18(17-8-6-16(4)7-9-17)21-12-11-20-14-15(2)3/h6-9,15,18-19H,5,10-14H2,1-4H3. The molecule has 1 unspecified atom stereocenters. The van der Waals surface area contributed by atoms with Crippen molar-refractivity contribution in [2.45, 2.75) is 40.2 Å². The van der Waals surface area contributed by atoms with Gasteiger partial charge in [0.15, 0.2) is 0 Å². The molecule has 0 aliphatic rings. The Labute approximate surface area is 130 Å². The predicted octanol–water partition coefficient (Wildman–Crippen LogP) is 3.72. The van der Waals surface area contributed by atoms with Crippen molar-refractivity contribution in [3.8, 4) is 0 Å². The minimum atomic E-state index is 0.0970. The first-order valence-electron chi connectivity index (χ1n) is 8.10. The molecule has 21 heavy (non-hydrogen) atoms. The van der Waals surface area contributed by atoms with Crippen molar-refractivity contribution in [2.75, 3.05) is 32.9 Å². The van der Waals surface area contributed by atoms with Crippen LogP contribution in [0.1, 0.15) is 44.4 Å². The molecular weight excluding hydrogens is 262 g/mol. The first-order chi connectivity index (χ1) is 10.1. The van der Waals surface area contributed by atoms with E-state index in [2.05, 4.69) is 57.3 Å². The lowest BCUT2D eigenvalue weighted by atomic mass is 10.1. The van der Waals surface area contributed by atoms with Crippen molar-refractivity contribution in [3.05, 3.63) is 35.4 Å². The second kappa shape index (κ2) is 10.8. The summed E-state index contributed by atoms with van der Waals surface area (Å²) in [6.07, 6.45) is 1.23. The first-order valence-corrected chi connectivity index (χ1v) is 8.10. The van der Waals surface area contributed by atoms with Crippen LogP contribution < -0.4 is 5.32 Å². The molecule has 0 saturated carbocycles. The molecule has 0 fully saturated rings. The van der Waals surface area contributed by atoms with Crippen LogP contribution in [0.3, 0.4) is 0 Å². The molecule has 1 N–H and O–H groups in total. The maximum atomic E-state index is 6.01. The molecule has 0 aliphatic heterocycles. The number of nitrogens with one attached hydrogen (secondary N) is 1. The molecule has 1 aromatic carbocycles. The molecule has 120 valence electrons. The van der Waals surface area contributed by atoms with Crippen LogP contribution in [0.5, 0.6) is 0 Å². The summed E-state index contributed by atoms with van der Waals surface area (Å²) in [4.78, 5) is 0. The molecule has 1 atom stereocenters. The Hall–Kier alpha value is -0.900. The van der Waals surface area contributed by atoms with E-state index in [1.165, 1.54) is 11.1 Å². The summed E-state index contributed by atoms with van der Waals surface area (Å²) in [5, 5.41) is 3.44. The molecule has 0 amide bonds. The molecule has 1 rings (SSSR count). The molecule has 0 saturated heterocycles. The molecule has 0 bridgehead atoms. The largest absolute Gasteiger partial charge is 0.379 e. The number of ether oxygens (including phenoxy) is 2. The highest BCUT2D eigenvalue weighted by atomic mass is 16.5. The van der Waals surface area contributed by atoms with Crippen LogP contribution in [0.2, 0.25) is 0 Å². The average molecular weight is 293 g/mol. The Bertz CT molecular complexity index is 362. The van der Waals surface area contributed by atoms with Gasteiger partial charge in [-0.2, -0.15) is 0 Å². The highest BCUT2D eigenvalue weighted by molar-refractivity contribution is 5.23. The Morgan fingerprint density at radius 1 is 1.10 bits per heavy atom. The molecule has 3 heteroatoms.